The highest BCUT2D eigenvalue weighted by atomic mass is 32.2. The minimum atomic E-state index is -3.31. The Labute approximate surface area is 103 Å². The van der Waals surface area contributed by atoms with Crippen molar-refractivity contribution in [3.8, 4) is 0 Å². The fourth-order valence-electron chi connectivity index (χ4n) is 1.85. The van der Waals surface area contributed by atoms with Gasteiger partial charge in [-0.05, 0) is 26.7 Å². The molecule has 0 aliphatic carbocycles. The zero-order valence-electron chi connectivity index (χ0n) is 10.6. The molecule has 1 amide bonds. The van der Waals surface area contributed by atoms with Crippen molar-refractivity contribution in [1.29, 1.82) is 0 Å². The number of aliphatic hydroxyl groups excluding tert-OH is 1. The second-order valence-electron chi connectivity index (χ2n) is 5.22. The van der Waals surface area contributed by atoms with Gasteiger partial charge in [0, 0.05) is 7.05 Å². The molecule has 1 N–H and O–H groups in total. The Balaban J connectivity index is 2.89. The summed E-state index contributed by atoms with van der Waals surface area (Å²) >= 11 is 0. The molecular weight excluding hydrogens is 242 g/mol. The molecule has 1 rings (SSSR count). The first-order valence-electron chi connectivity index (χ1n) is 5.82. The van der Waals surface area contributed by atoms with E-state index in [1.54, 1.807) is 20.9 Å². The van der Waals surface area contributed by atoms with Gasteiger partial charge in [0.05, 0.1) is 17.9 Å². The minimum absolute atomic E-state index is 0.0940. The van der Waals surface area contributed by atoms with Crippen molar-refractivity contribution >= 4 is 15.7 Å². The maximum absolute atomic E-state index is 12.2. The first-order valence-corrected chi connectivity index (χ1v) is 7.54. The molecule has 1 atom stereocenters. The second-order valence-corrected chi connectivity index (χ2v) is 7.52. The molecule has 1 aliphatic heterocycles. The number of hydrogen-bond acceptors (Lipinski definition) is 4. The van der Waals surface area contributed by atoms with Crippen LogP contribution in [0, 0.1) is 0 Å². The first kappa shape index (κ1) is 14.4. The summed E-state index contributed by atoms with van der Waals surface area (Å²) in [7, 11) is -1.76. The lowest BCUT2D eigenvalue weighted by molar-refractivity contribution is -0.135. The molecule has 6 heteroatoms. The molecule has 17 heavy (non-hydrogen) atoms. The highest BCUT2D eigenvalue weighted by Gasteiger charge is 2.39. The molecule has 0 saturated carbocycles. The van der Waals surface area contributed by atoms with Crippen molar-refractivity contribution in [3.05, 3.63) is 0 Å². The van der Waals surface area contributed by atoms with E-state index in [4.69, 9.17) is 0 Å². The van der Waals surface area contributed by atoms with Gasteiger partial charge in [0.15, 0.2) is 9.84 Å². The Kier molecular flexibility index (Phi) is 4.19. The molecule has 1 aliphatic rings. The highest BCUT2D eigenvalue weighted by molar-refractivity contribution is 7.92. The van der Waals surface area contributed by atoms with Gasteiger partial charge in [0.25, 0.3) is 0 Å². The van der Waals surface area contributed by atoms with Gasteiger partial charge in [0.2, 0.25) is 5.91 Å². The molecule has 1 saturated heterocycles. The smallest absolute Gasteiger partial charge is 0.241 e. The monoisotopic (exact) mass is 263 g/mol. The molecule has 1 heterocycles. The summed E-state index contributed by atoms with van der Waals surface area (Å²) in [6.45, 7) is 3.22. The number of carbonyl (C=O) groups is 1. The molecule has 1 unspecified atom stereocenters. The summed E-state index contributed by atoms with van der Waals surface area (Å²) < 4.78 is 23.7. The van der Waals surface area contributed by atoms with Crippen LogP contribution in [0.15, 0.2) is 0 Å². The number of carbonyl (C=O) groups excluding carboxylic acids is 1. The summed E-state index contributed by atoms with van der Waals surface area (Å²) in [6, 6.07) is 0. The average molecular weight is 263 g/mol. The lowest BCUT2D eigenvalue weighted by Gasteiger charge is -2.36. The third-order valence-electron chi connectivity index (χ3n) is 3.48. The molecule has 0 aromatic rings. The van der Waals surface area contributed by atoms with Gasteiger partial charge in [-0.25, -0.2) is 8.42 Å². The minimum Gasteiger partial charge on any atom is -0.394 e. The van der Waals surface area contributed by atoms with Crippen LogP contribution in [-0.4, -0.2) is 54.5 Å². The maximum atomic E-state index is 12.2. The Bertz CT molecular complexity index is 388. The van der Waals surface area contributed by atoms with Crippen molar-refractivity contribution in [2.24, 2.45) is 0 Å². The van der Waals surface area contributed by atoms with E-state index in [1.165, 1.54) is 4.90 Å². The molecule has 5 nitrogen and oxygen atoms in total. The van der Waals surface area contributed by atoms with Crippen LogP contribution >= 0.6 is 0 Å². The van der Waals surface area contributed by atoms with Gasteiger partial charge < -0.3 is 10.0 Å². The number of aliphatic hydroxyl groups is 1. The number of hydrogen-bond donors (Lipinski definition) is 1. The molecule has 0 radical (unpaired) electrons. The van der Waals surface area contributed by atoms with Gasteiger partial charge in [0.1, 0.15) is 5.25 Å². The molecule has 0 aromatic carbocycles. The number of sulfone groups is 1. The topological polar surface area (TPSA) is 74.7 Å². The fraction of sp³-hybridized carbons (Fsp3) is 0.909. The predicted octanol–water partition coefficient (Wildman–Crippen LogP) is 0.183. The van der Waals surface area contributed by atoms with Gasteiger partial charge in [-0.15, -0.1) is 0 Å². The second kappa shape index (κ2) is 4.94. The van der Waals surface area contributed by atoms with Crippen molar-refractivity contribution < 1.29 is 18.3 Å². The van der Waals surface area contributed by atoms with Crippen LogP contribution in [0.25, 0.3) is 0 Å². The number of amides is 1. The highest BCUT2D eigenvalue weighted by Crippen LogP contribution is 2.23. The van der Waals surface area contributed by atoms with Crippen molar-refractivity contribution in [2.75, 3.05) is 19.4 Å². The Hall–Kier alpha value is -0.620. The number of likely N-dealkylation sites (N-methyl/N-ethyl adjacent to an activating group) is 1. The van der Waals surface area contributed by atoms with Gasteiger partial charge in [-0.1, -0.05) is 6.42 Å². The van der Waals surface area contributed by atoms with Crippen LogP contribution in [-0.2, 0) is 14.6 Å². The molecule has 0 aromatic heterocycles. The SMILES string of the molecule is CN(C(=O)C1CCCCS1(=O)=O)C(C)(C)CO. The zero-order chi connectivity index (χ0) is 13.3. The average Bonchev–Trinajstić information content (AvgIpc) is 2.26. The zero-order valence-corrected chi connectivity index (χ0v) is 11.5. The van der Waals surface area contributed by atoms with E-state index in [1.807, 2.05) is 0 Å². The summed E-state index contributed by atoms with van der Waals surface area (Å²) in [5.41, 5.74) is -0.732. The Morgan fingerprint density at radius 1 is 1.41 bits per heavy atom. The predicted molar refractivity (Wildman–Crippen MR) is 65.4 cm³/mol. The summed E-state index contributed by atoms with van der Waals surface area (Å²) in [6.07, 6.45) is 1.80. The molecule has 0 bridgehead atoms. The van der Waals surface area contributed by atoms with E-state index in [2.05, 4.69) is 0 Å². The van der Waals surface area contributed by atoms with E-state index in [0.717, 1.165) is 6.42 Å². The molecule has 1 fully saturated rings. The lowest BCUT2D eigenvalue weighted by Crippen LogP contribution is -2.53. The van der Waals surface area contributed by atoms with E-state index in [9.17, 15) is 18.3 Å². The third kappa shape index (κ3) is 2.98. The van der Waals surface area contributed by atoms with Crippen LogP contribution in [0.1, 0.15) is 33.1 Å². The van der Waals surface area contributed by atoms with Crippen molar-refractivity contribution in [3.63, 3.8) is 0 Å². The van der Waals surface area contributed by atoms with E-state index in [0.29, 0.717) is 12.8 Å². The third-order valence-corrected chi connectivity index (χ3v) is 5.64. The summed E-state index contributed by atoms with van der Waals surface area (Å²) in [5.74, 6) is -0.305. The van der Waals surface area contributed by atoms with Crippen LogP contribution < -0.4 is 0 Å². The summed E-state index contributed by atoms with van der Waals surface area (Å²) in [4.78, 5) is 13.5. The van der Waals surface area contributed by atoms with Crippen LogP contribution in [0.5, 0.6) is 0 Å². The fourth-order valence-corrected chi connectivity index (χ4v) is 3.73. The van der Waals surface area contributed by atoms with Gasteiger partial charge >= 0.3 is 0 Å². The van der Waals surface area contributed by atoms with Crippen LogP contribution in [0.2, 0.25) is 0 Å². The van der Waals surface area contributed by atoms with Crippen molar-refractivity contribution in [2.45, 2.75) is 43.9 Å². The lowest BCUT2D eigenvalue weighted by atomic mass is 10.0. The quantitative estimate of drug-likeness (QED) is 0.788. The van der Waals surface area contributed by atoms with Crippen molar-refractivity contribution in [1.82, 2.24) is 4.90 Å². The van der Waals surface area contributed by atoms with Gasteiger partial charge in [-0.3, -0.25) is 4.79 Å². The molecule has 0 spiro atoms. The van der Waals surface area contributed by atoms with E-state index in [-0.39, 0.29) is 12.4 Å². The van der Waals surface area contributed by atoms with Gasteiger partial charge in [-0.2, -0.15) is 0 Å². The first-order chi connectivity index (χ1) is 7.72. The maximum Gasteiger partial charge on any atom is 0.241 e. The molecular formula is C11H21NO4S. The summed E-state index contributed by atoms with van der Waals surface area (Å²) in [5, 5.41) is 8.27. The number of nitrogens with zero attached hydrogens (tertiary/aromatic N) is 1. The number of rotatable bonds is 3. The van der Waals surface area contributed by atoms with Crippen LogP contribution in [0.3, 0.4) is 0 Å². The Morgan fingerprint density at radius 3 is 2.47 bits per heavy atom. The largest absolute Gasteiger partial charge is 0.394 e. The van der Waals surface area contributed by atoms with Crippen LogP contribution in [0.4, 0.5) is 0 Å². The normalized spacial score (nSPS) is 24.4. The Morgan fingerprint density at radius 2 is 2.00 bits per heavy atom. The van der Waals surface area contributed by atoms with E-state index < -0.39 is 26.5 Å². The molecule has 100 valence electrons. The standard InChI is InChI=1S/C11H21NO4S/c1-11(2,8-13)12(3)10(14)9-6-4-5-7-17(9,15)16/h9,13H,4-8H2,1-3H3. The van der Waals surface area contributed by atoms with E-state index >= 15 is 0 Å².